The van der Waals surface area contributed by atoms with E-state index in [4.69, 9.17) is 8.92 Å². The van der Waals surface area contributed by atoms with Crippen LogP contribution in [0.5, 0.6) is 0 Å². The Kier molecular flexibility index (Phi) is 3.67. The van der Waals surface area contributed by atoms with Crippen LogP contribution in [0.4, 0.5) is 8.78 Å². The lowest BCUT2D eigenvalue weighted by molar-refractivity contribution is -0.205. The van der Waals surface area contributed by atoms with Crippen LogP contribution < -0.4 is 0 Å². The van der Waals surface area contributed by atoms with E-state index in [-0.39, 0.29) is 11.8 Å². The van der Waals surface area contributed by atoms with Crippen molar-refractivity contribution < 1.29 is 40.4 Å². The Hall–Kier alpha value is -1.29. The molecular weight excluding hydrogens is 338 g/mol. The van der Waals surface area contributed by atoms with Gasteiger partial charge in [-0.25, -0.2) is 8.98 Å². The van der Waals surface area contributed by atoms with Gasteiger partial charge in [-0.2, -0.15) is 17.2 Å². The number of hydrogen-bond acceptors (Lipinski definition) is 7. The number of esters is 2. The van der Waals surface area contributed by atoms with Gasteiger partial charge in [-0.1, -0.05) is 0 Å². The normalized spacial score (nSPS) is 36.9. The predicted octanol–water partition coefficient (Wildman–Crippen LogP) is 0.973. The number of rotatable bonds is 5. The fraction of sp³-hybridized carbons (Fsp3) is 0.846. The highest BCUT2D eigenvalue weighted by molar-refractivity contribution is 7.87. The molecule has 3 rings (SSSR count). The van der Waals surface area contributed by atoms with E-state index in [9.17, 15) is 26.8 Å². The molecule has 0 aromatic carbocycles. The van der Waals surface area contributed by atoms with Gasteiger partial charge < -0.3 is 9.47 Å². The van der Waals surface area contributed by atoms with Crippen molar-refractivity contribution >= 4 is 22.1 Å². The van der Waals surface area contributed by atoms with Gasteiger partial charge in [-0.3, -0.25) is 4.79 Å². The van der Waals surface area contributed by atoms with E-state index in [2.05, 4.69) is 4.74 Å². The minimum atomic E-state index is -3.75. The zero-order valence-corrected chi connectivity index (χ0v) is 13.1. The molecule has 0 aromatic rings. The van der Waals surface area contributed by atoms with Crippen molar-refractivity contribution in [1.29, 1.82) is 0 Å². The summed E-state index contributed by atoms with van der Waals surface area (Å²) in [6, 6.07) is 0. The van der Waals surface area contributed by atoms with E-state index < -0.39 is 52.0 Å². The number of carbonyl (C=O) groups is 2. The number of carbonyl (C=O) groups excluding carboxylic acids is 2. The fourth-order valence-electron chi connectivity index (χ4n) is 3.69. The molecule has 23 heavy (non-hydrogen) atoms. The summed E-state index contributed by atoms with van der Waals surface area (Å²) >= 11 is 0. The first-order valence-corrected chi connectivity index (χ1v) is 8.72. The van der Waals surface area contributed by atoms with Crippen LogP contribution in [-0.2, 0) is 33.4 Å². The lowest BCUT2D eigenvalue weighted by atomic mass is 9.94. The molecule has 0 radical (unpaired) electrons. The largest absolute Gasteiger partial charge is 0.461 e. The summed E-state index contributed by atoms with van der Waals surface area (Å²) in [5.41, 5.74) is 0. The van der Waals surface area contributed by atoms with E-state index in [1.165, 1.54) is 0 Å². The first-order valence-electron chi connectivity index (χ1n) is 7.25. The molecule has 0 N–H and O–H groups in total. The Morgan fingerprint density at radius 1 is 1.35 bits per heavy atom. The van der Waals surface area contributed by atoms with Gasteiger partial charge in [0, 0.05) is 19.3 Å². The van der Waals surface area contributed by atoms with Gasteiger partial charge in [-0.05, 0) is 18.8 Å². The van der Waals surface area contributed by atoms with Crippen LogP contribution in [0.15, 0.2) is 0 Å². The molecule has 0 amide bonds. The third-order valence-corrected chi connectivity index (χ3v) is 6.33. The minimum Gasteiger partial charge on any atom is -0.461 e. The second-order valence-electron chi connectivity index (χ2n) is 6.32. The minimum absolute atomic E-state index is 0.131. The molecule has 3 aliphatic rings. The summed E-state index contributed by atoms with van der Waals surface area (Å²) in [5.74, 6) is -7.94. The van der Waals surface area contributed by atoms with Crippen molar-refractivity contribution in [3.05, 3.63) is 0 Å². The van der Waals surface area contributed by atoms with Gasteiger partial charge in [0.1, 0.15) is 6.61 Å². The second kappa shape index (κ2) is 5.10. The highest BCUT2D eigenvalue weighted by Gasteiger charge is 2.70. The summed E-state index contributed by atoms with van der Waals surface area (Å²) < 4.78 is 63.6. The summed E-state index contributed by atoms with van der Waals surface area (Å²) in [6.45, 7) is -0.180. The van der Waals surface area contributed by atoms with Gasteiger partial charge in [0.2, 0.25) is 5.79 Å². The fourth-order valence-corrected chi connectivity index (χ4v) is 5.66. The van der Waals surface area contributed by atoms with Crippen molar-refractivity contribution in [2.75, 3.05) is 6.61 Å². The average molecular weight is 354 g/mol. The number of hydrogen-bond donors (Lipinski definition) is 0. The second-order valence-corrected chi connectivity index (χ2v) is 8.08. The quantitative estimate of drug-likeness (QED) is 0.536. The van der Waals surface area contributed by atoms with Crippen LogP contribution in [0.3, 0.4) is 0 Å². The summed E-state index contributed by atoms with van der Waals surface area (Å²) in [6.07, 6.45) is 0.991. The number of ether oxygens (including phenoxy) is 2. The van der Waals surface area contributed by atoms with Crippen molar-refractivity contribution in [2.45, 2.75) is 49.6 Å². The molecule has 130 valence electrons. The third-order valence-electron chi connectivity index (χ3n) is 4.55. The Bertz CT molecular complexity index is 641. The van der Waals surface area contributed by atoms with Crippen molar-refractivity contribution in [3.8, 4) is 0 Å². The summed E-state index contributed by atoms with van der Waals surface area (Å²) in [4.78, 5) is 22.7. The molecule has 2 saturated carbocycles. The zero-order chi connectivity index (χ0) is 17.0. The number of alkyl halides is 2. The molecule has 2 aliphatic carbocycles. The van der Waals surface area contributed by atoms with E-state index in [1.807, 2.05) is 0 Å². The Balaban J connectivity index is 1.56. The molecule has 1 aliphatic heterocycles. The van der Waals surface area contributed by atoms with Crippen molar-refractivity contribution in [2.24, 2.45) is 11.8 Å². The van der Waals surface area contributed by atoms with Gasteiger partial charge in [0.05, 0.1) is 11.7 Å². The SMILES string of the molecule is CC(F)(F)C(=O)OCCC(=O)OC12CC3CC1C(C3)S(=O)(=O)O2. The maximum Gasteiger partial charge on any atom is 0.376 e. The van der Waals surface area contributed by atoms with Crippen molar-refractivity contribution in [1.82, 2.24) is 0 Å². The molecule has 2 bridgehead atoms. The summed E-state index contributed by atoms with van der Waals surface area (Å²) in [5, 5.41) is -0.648. The zero-order valence-electron chi connectivity index (χ0n) is 12.3. The van der Waals surface area contributed by atoms with Crippen LogP contribution in [-0.4, -0.2) is 43.9 Å². The lowest BCUT2D eigenvalue weighted by Crippen LogP contribution is -2.40. The average Bonchev–Trinajstić information content (AvgIpc) is 2.96. The van der Waals surface area contributed by atoms with Gasteiger partial charge in [0.25, 0.3) is 10.1 Å². The first-order chi connectivity index (χ1) is 10.5. The topological polar surface area (TPSA) is 96.0 Å². The Morgan fingerprint density at radius 3 is 2.65 bits per heavy atom. The first kappa shape index (κ1) is 16.6. The molecule has 4 atom stereocenters. The van der Waals surface area contributed by atoms with Gasteiger partial charge >= 0.3 is 17.9 Å². The van der Waals surface area contributed by atoms with Crippen LogP contribution in [0.1, 0.15) is 32.6 Å². The highest BCUT2D eigenvalue weighted by Crippen LogP contribution is 2.60. The van der Waals surface area contributed by atoms with E-state index >= 15 is 0 Å². The standard InChI is InChI=1S/C13H16F2O7S/c1-12(14,15)11(17)20-3-2-10(16)21-13-6-7-4-8(13)9(5-7)23(18,19)22-13/h7-9H,2-6H2,1H3. The molecule has 1 saturated heterocycles. The molecule has 4 unspecified atom stereocenters. The molecule has 3 fully saturated rings. The molecule has 1 heterocycles. The predicted molar refractivity (Wildman–Crippen MR) is 69.6 cm³/mol. The Morgan fingerprint density at radius 2 is 2.04 bits per heavy atom. The van der Waals surface area contributed by atoms with E-state index in [1.54, 1.807) is 0 Å². The highest BCUT2D eigenvalue weighted by atomic mass is 32.2. The lowest BCUT2D eigenvalue weighted by Gasteiger charge is -2.29. The number of fused-ring (bicyclic) bond motifs is 1. The van der Waals surface area contributed by atoms with Gasteiger partial charge in [-0.15, -0.1) is 0 Å². The van der Waals surface area contributed by atoms with Crippen LogP contribution >= 0.6 is 0 Å². The summed E-state index contributed by atoms with van der Waals surface area (Å²) in [7, 11) is -3.75. The molecule has 7 nitrogen and oxygen atoms in total. The maximum atomic E-state index is 12.6. The molecule has 0 spiro atoms. The van der Waals surface area contributed by atoms with E-state index in [0.29, 0.717) is 26.2 Å². The van der Waals surface area contributed by atoms with Crippen LogP contribution in [0.25, 0.3) is 0 Å². The smallest absolute Gasteiger partial charge is 0.376 e. The van der Waals surface area contributed by atoms with E-state index in [0.717, 1.165) is 0 Å². The van der Waals surface area contributed by atoms with Gasteiger partial charge in [0.15, 0.2) is 0 Å². The van der Waals surface area contributed by atoms with Crippen LogP contribution in [0.2, 0.25) is 0 Å². The third kappa shape index (κ3) is 2.82. The molecular formula is C13H16F2O7S. The monoisotopic (exact) mass is 354 g/mol. The van der Waals surface area contributed by atoms with Crippen molar-refractivity contribution in [3.63, 3.8) is 0 Å². The molecule has 0 aromatic heterocycles. The molecule has 10 heteroatoms. The number of halogens is 2. The maximum absolute atomic E-state index is 12.6. The Labute approximate surface area is 131 Å². The van der Waals surface area contributed by atoms with Crippen LogP contribution in [0, 0.1) is 11.8 Å².